The minimum absolute atomic E-state index is 0.0224. The second-order valence-electron chi connectivity index (χ2n) is 6.29. The largest absolute Gasteiger partial charge is 0.342 e. The molecular weight excluding hydrogens is 306 g/mol. The van der Waals surface area contributed by atoms with Crippen LogP contribution in [0.3, 0.4) is 0 Å². The predicted octanol–water partition coefficient (Wildman–Crippen LogP) is 3.75. The summed E-state index contributed by atoms with van der Waals surface area (Å²) in [5.41, 5.74) is 1.99. The van der Waals surface area contributed by atoms with Gasteiger partial charge in [-0.2, -0.15) is 5.10 Å². The number of thiophene rings is 1. The summed E-state index contributed by atoms with van der Waals surface area (Å²) in [7, 11) is 1.92. The first-order valence-electron chi connectivity index (χ1n) is 7.90. The Morgan fingerprint density at radius 1 is 1.30 bits per heavy atom. The third-order valence-corrected chi connectivity index (χ3v) is 6.01. The number of aryl methyl sites for hydroxylation is 2. The van der Waals surface area contributed by atoms with E-state index in [0.29, 0.717) is 0 Å². The Labute approximate surface area is 139 Å². The normalized spacial score (nSPS) is 16.3. The molecule has 118 valence electrons. The van der Waals surface area contributed by atoms with Gasteiger partial charge in [0.25, 0.3) is 5.91 Å². The highest BCUT2D eigenvalue weighted by molar-refractivity contribution is 7.20. The molecule has 23 heavy (non-hydrogen) atoms. The van der Waals surface area contributed by atoms with E-state index in [1.807, 2.05) is 42.9 Å². The molecule has 1 amide bonds. The Hall–Kier alpha value is -2.14. The molecule has 0 radical (unpaired) electrons. The van der Waals surface area contributed by atoms with Crippen molar-refractivity contribution in [2.24, 2.45) is 7.05 Å². The number of nitrogens with zero attached hydrogens (tertiary/aromatic N) is 2. The van der Waals surface area contributed by atoms with Crippen molar-refractivity contribution in [3.05, 3.63) is 52.5 Å². The Bertz CT molecular complexity index is 840. The van der Waals surface area contributed by atoms with Crippen LogP contribution in [0.15, 0.2) is 36.4 Å². The van der Waals surface area contributed by atoms with Gasteiger partial charge in [0.15, 0.2) is 0 Å². The number of carbonyl (C=O) groups is 1. The molecular formula is C18H19N3OS. The molecule has 0 saturated heterocycles. The molecule has 0 unspecified atom stereocenters. The number of hydrogen-bond acceptors (Lipinski definition) is 3. The van der Waals surface area contributed by atoms with Crippen molar-refractivity contribution in [1.82, 2.24) is 15.1 Å². The van der Waals surface area contributed by atoms with Crippen molar-refractivity contribution in [2.75, 3.05) is 0 Å². The molecule has 1 N–H and O–H groups in total. The van der Waals surface area contributed by atoms with Gasteiger partial charge in [0.1, 0.15) is 4.83 Å². The molecule has 4 nitrogen and oxygen atoms in total. The zero-order chi connectivity index (χ0) is 16.0. The summed E-state index contributed by atoms with van der Waals surface area (Å²) in [4.78, 5) is 14.6. The van der Waals surface area contributed by atoms with E-state index in [1.54, 1.807) is 0 Å². The third-order valence-electron chi connectivity index (χ3n) is 4.81. The first-order chi connectivity index (χ1) is 11.1. The predicted molar refractivity (Wildman–Crippen MR) is 92.8 cm³/mol. The first-order valence-corrected chi connectivity index (χ1v) is 8.72. The molecule has 0 spiro atoms. The Morgan fingerprint density at radius 3 is 2.65 bits per heavy atom. The first kappa shape index (κ1) is 14.5. The fourth-order valence-electron chi connectivity index (χ4n) is 3.37. The Morgan fingerprint density at radius 2 is 2.04 bits per heavy atom. The molecule has 2 heterocycles. The van der Waals surface area contributed by atoms with E-state index < -0.39 is 0 Å². The smallest absolute Gasteiger partial charge is 0.262 e. The van der Waals surface area contributed by atoms with Gasteiger partial charge in [-0.25, -0.2) is 0 Å². The van der Waals surface area contributed by atoms with Crippen molar-refractivity contribution < 1.29 is 4.79 Å². The number of nitrogens with one attached hydrogen (secondary N) is 1. The number of carbonyl (C=O) groups excluding carboxylic acids is 1. The molecule has 0 aliphatic heterocycles. The van der Waals surface area contributed by atoms with E-state index in [1.165, 1.54) is 16.9 Å². The topological polar surface area (TPSA) is 46.9 Å². The van der Waals surface area contributed by atoms with E-state index in [4.69, 9.17) is 0 Å². The maximum absolute atomic E-state index is 12.8. The van der Waals surface area contributed by atoms with Gasteiger partial charge in [-0.15, -0.1) is 11.3 Å². The van der Waals surface area contributed by atoms with Crippen molar-refractivity contribution in [1.29, 1.82) is 0 Å². The van der Waals surface area contributed by atoms with Crippen LogP contribution in [-0.4, -0.2) is 15.7 Å². The standard InChI is InChI=1S/C18H19N3OS/c1-12-14-11-15(23-17(14)21(2)20-12)16(22)19-18(9-6-10-18)13-7-4-3-5-8-13/h3-5,7-8,11H,6,9-10H2,1-2H3,(H,19,22). The van der Waals surface area contributed by atoms with E-state index >= 15 is 0 Å². The van der Waals surface area contributed by atoms with Crippen LogP contribution >= 0.6 is 11.3 Å². The number of rotatable bonds is 3. The van der Waals surface area contributed by atoms with Crippen LogP contribution in [0.25, 0.3) is 10.2 Å². The summed E-state index contributed by atoms with van der Waals surface area (Å²) in [6.07, 6.45) is 3.17. The van der Waals surface area contributed by atoms with E-state index in [0.717, 1.165) is 40.1 Å². The summed E-state index contributed by atoms with van der Waals surface area (Å²) >= 11 is 1.51. The van der Waals surface area contributed by atoms with Crippen molar-refractivity contribution in [3.8, 4) is 0 Å². The molecule has 1 aromatic carbocycles. The van der Waals surface area contributed by atoms with Crippen molar-refractivity contribution in [2.45, 2.75) is 31.7 Å². The Balaban J connectivity index is 1.64. The van der Waals surface area contributed by atoms with E-state index in [2.05, 4.69) is 22.5 Å². The summed E-state index contributed by atoms with van der Waals surface area (Å²) in [6, 6.07) is 12.3. The zero-order valence-corrected chi connectivity index (χ0v) is 14.1. The minimum atomic E-state index is -0.193. The Kier molecular flexibility index (Phi) is 3.27. The number of hydrogen-bond donors (Lipinski definition) is 1. The molecule has 1 saturated carbocycles. The molecule has 5 heteroatoms. The molecule has 0 atom stereocenters. The highest BCUT2D eigenvalue weighted by Crippen LogP contribution is 2.41. The molecule has 0 bridgehead atoms. The molecule has 1 aliphatic rings. The lowest BCUT2D eigenvalue weighted by Crippen LogP contribution is -2.50. The quantitative estimate of drug-likeness (QED) is 0.797. The van der Waals surface area contributed by atoms with Crippen LogP contribution < -0.4 is 5.32 Å². The van der Waals surface area contributed by atoms with Crippen LogP contribution in [0.5, 0.6) is 0 Å². The van der Waals surface area contributed by atoms with Gasteiger partial charge in [-0.3, -0.25) is 9.48 Å². The highest BCUT2D eigenvalue weighted by atomic mass is 32.1. The maximum Gasteiger partial charge on any atom is 0.262 e. The van der Waals surface area contributed by atoms with Gasteiger partial charge in [-0.1, -0.05) is 30.3 Å². The van der Waals surface area contributed by atoms with Crippen LogP contribution in [0, 0.1) is 6.92 Å². The zero-order valence-electron chi connectivity index (χ0n) is 13.3. The third kappa shape index (κ3) is 2.27. The fraction of sp³-hybridized carbons (Fsp3) is 0.333. The molecule has 3 aromatic rings. The lowest BCUT2D eigenvalue weighted by molar-refractivity contribution is 0.0827. The molecule has 4 rings (SSSR count). The molecule has 2 aromatic heterocycles. The van der Waals surface area contributed by atoms with Gasteiger partial charge in [0, 0.05) is 12.4 Å². The molecule has 1 fully saturated rings. The average Bonchev–Trinajstić information content (AvgIpc) is 3.06. The van der Waals surface area contributed by atoms with Gasteiger partial charge in [0.05, 0.1) is 16.1 Å². The SMILES string of the molecule is Cc1nn(C)c2sc(C(=O)NC3(c4ccccc4)CCC3)cc12. The lowest BCUT2D eigenvalue weighted by atomic mass is 9.72. The minimum Gasteiger partial charge on any atom is -0.342 e. The van der Waals surface area contributed by atoms with Gasteiger partial charge < -0.3 is 5.32 Å². The summed E-state index contributed by atoms with van der Waals surface area (Å²) in [5.74, 6) is 0.0224. The fourth-order valence-corrected chi connectivity index (χ4v) is 4.39. The van der Waals surface area contributed by atoms with Crippen LogP contribution in [0.2, 0.25) is 0 Å². The van der Waals surface area contributed by atoms with Crippen LogP contribution in [-0.2, 0) is 12.6 Å². The number of amides is 1. The second kappa shape index (κ2) is 5.20. The summed E-state index contributed by atoms with van der Waals surface area (Å²) < 4.78 is 1.85. The van der Waals surface area contributed by atoms with Crippen LogP contribution in [0.4, 0.5) is 0 Å². The number of benzene rings is 1. The van der Waals surface area contributed by atoms with Crippen molar-refractivity contribution in [3.63, 3.8) is 0 Å². The molecule has 1 aliphatic carbocycles. The maximum atomic E-state index is 12.8. The van der Waals surface area contributed by atoms with Crippen molar-refractivity contribution >= 4 is 27.5 Å². The number of fused-ring (bicyclic) bond motifs is 1. The van der Waals surface area contributed by atoms with Crippen LogP contribution in [0.1, 0.15) is 40.2 Å². The summed E-state index contributed by atoms with van der Waals surface area (Å²) in [6.45, 7) is 1.98. The number of aromatic nitrogens is 2. The second-order valence-corrected chi connectivity index (χ2v) is 7.32. The monoisotopic (exact) mass is 325 g/mol. The summed E-state index contributed by atoms with van der Waals surface area (Å²) in [5, 5.41) is 8.76. The van der Waals surface area contributed by atoms with Gasteiger partial charge >= 0.3 is 0 Å². The lowest BCUT2D eigenvalue weighted by Gasteiger charge is -2.43. The average molecular weight is 325 g/mol. The highest BCUT2D eigenvalue weighted by Gasteiger charge is 2.40. The van der Waals surface area contributed by atoms with E-state index in [9.17, 15) is 4.79 Å². The van der Waals surface area contributed by atoms with Gasteiger partial charge in [-0.05, 0) is 37.8 Å². The van der Waals surface area contributed by atoms with Gasteiger partial charge in [0.2, 0.25) is 0 Å². The van der Waals surface area contributed by atoms with E-state index in [-0.39, 0.29) is 11.4 Å².